The van der Waals surface area contributed by atoms with Crippen molar-refractivity contribution in [2.75, 3.05) is 11.1 Å². The third-order valence-corrected chi connectivity index (χ3v) is 6.87. The summed E-state index contributed by atoms with van der Waals surface area (Å²) < 4.78 is 3.04. The molecule has 5 nitrogen and oxygen atoms in total. The second kappa shape index (κ2) is 10.4. The van der Waals surface area contributed by atoms with Crippen LogP contribution in [-0.4, -0.2) is 26.4 Å². The molecule has 0 aliphatic rings. The summed E-state index contributed by atoms with van der Waals surface area (Å²) in [6, 6.07) is 22.3. The third-order valence-electron chi connectivity index (χ3n) is 5.45. The number of aromatic nitrogens is 3. The average molecular weight is 521 g/mol. The van der Waals surface area contributed by atoms with Crippen molar-refractivity contribution in [2.45, 2.75) is 32.3 Å². The topological polar surface area (TPSA) is 59.8 Å². The van der Waals surface area contributed by atoms with Gasteiger partial charge in [-0.3, -0.25) is 9.36 Å². The first kappa shape index (κ1) is 23.3. The van der Waals surface area contributed by atoms with Crippen molar-refractivity contribution in [3.63, 3.8) is 0 Å². The van der Waals surface area contributed by atoms with Crippen molar-refractivity contribution in [3.8, 4) is 5.69 Å². The van der Waals surface area contributed by atoms with Crippen LogP contribution < -0.4 is 5.32 Å². The van der Waals surface area contributed by atoms with E-state index in [1.54, 1.807) is 0 Å². The number of carbonyl (C=O) groups excluding carboxylic acids is 1. The Hall–Kier alpha value is -2.90. The number of amides is 1. The minimum absolute atomic E-state index is 0.0790. The zero-order valence-electron chi connectivity index (χ0n) is 18.8. The lowest BCUT2D eigenvalue weighted by Gasteiger charge is -2.13. The van der Waals surface area contributed by atoms with Crippen molar-refractivity contribution in [1.82, 2.24) is 14.8 Å². The molecule has 0 unspecified atom stereocenters. The molecule has 168 valence electrons. The van der Waals surface area contributed by atoms with E-state index in [-0.39, 0.29) is 11.7 Å². The van der Waals surface area contributed by atoms with Crippen LogP contribution in [0.5, 0.6) is 0 Å². The minimum atomic E-state index is -0.0790. The highest BCUT2D eigenvalue weighted by Gasteiger charge is 2.17. The molecule has 4 aromatic rings. The molecular weight excluding hydrogens is 496 g/mol. The van der Waals surface area contributed by atoms with E-state index in [0.29, 0.717) is 11.6 Å². The Balaban J connectivity index is 1.58. The SMILES string of the molecule is Cc1ccc(-n2c(Cc3ccccc3)nnc2SCC(=O)Nc2ccc(Br)cc2C)cc1C. The number of benzene rings is 3. The largest absolute Gasteiger partial charge is 0.325 e. The van der Waals surface area contributed by atoms with Gasteiger partial charge in [-0.05, 0) is 73.4 Å². The first-order chi connectivity index (χ1) is 15.9. The molecule has 4 rings (SSSR count). The van der Waals surface area contributed by atoms with E-state index in [9.17, 15) is 4.79 Å². The highest BCUT2D eigenvalue weighted by atomic mass is 79.9. The van der Waals surface area contributed by atoms with Crippen LogP contribution in [0.15, 0.2) is 76.4 Å². The molecule has 0 saturated heterocycles. The predicted octanol–water partition coefficient (Wildman–Crippen LogP) is 6.28. The lowest BCUT2D eigenvalue weighted by molar-refractivity contribution is -0.113. The summed E-state index contributed by atoms with van der Waals surface area (Å²) in [7, 11) is 0. The van der Waals surface area contributed by atoms with Gasteiger partial charge in [0.1, 0.15) is 5.82 Å². The summed E-state index contributed by atoms with van der Waals surface area (Å²) in [5.74, 6) is 1.00. The monoisotopic (exact) mass is 520 g/mol. The van der Waals surface area contributed by atoms with Gasteiger partial charge in [0.2, 0.25) is 5.91 Å². The van der Waals surface area contributed by atoms with Gasteiger partial charge in [-0.2, -0.15) is 0 Å². The average Bonchev–Trinajstić information content (AvgIpc) is 3.19. The zero-order chi connectivity index (χ0) is 23.4. The fraction of sp³-hybridized carbons (Fsp3) is 0.192. The second-order valence-corrected chi connectivity index (χ2v) is 9.82. The smallest absolute Gasteiger partial charge is 0.234 e. The van der Waals surface area contributed by atoms with Crippen molar-refractivity contribution >= 4 is 39.3 Å². The van der Waals surface area contributed by atoms with E-state index in [0.717, 1.165) is 32.8 Å². The molecule has 1 heterocycles. The summed E-state index contributed by atoms with van der Waals surface area (Å²) in [5.41, 5.74) is 6.41. The van der Waals surface area contributed by atoms with E-state index in [1.807, 2.05) is 43.3 Å². The fourth-order valence-electron chi connectivity index (χ4n) is 3.49. The molecule has 0 atom stereocenters. The summed E-state index contributed by atoms with van der Waals surface area (Å²) in [5, 5.41) is 12.6. The number of carbonyl (C=O) groups is 1. The van der Waals surface area contributed by atoms with Crippen molar-refractivity contribution < 1.29 is 4.79 Å². The summed E-state index contributed by atoms with van der Waals surface area (Å²) in [6.07, 6.45) is 0.658. The number of nitrogens with zero attached hydrogens (tertiary/aromatic N) is 3. The summed E-state index contributed by atoms with van der Waals surface area (Å²) >= 11 is 4.84. The number of aryl methyl sites for hydroxylation is 3. The van der Waals surface area contributed by atoms with E-state index >= 15 is 0 Å². The number of anilines is 1. The molecule has 1 N–H and O–H groups in total. The summed E-state index contributed by atoms with van der Waals surface area (Å²) in [4.78, 5) is 12.7. The number of halogens is 1. The molecule has 0 saturated carbocycles. The second-order valence-electron chi connectivity index (χ2n) is 7.96. The highest BCUT2D eigenvalue weighted by Crippen LogP contribution is 2.26. The number of hydrogen-bond donors (Lipinski definition) is 1. The molecule has 0 aliphatic carbocycles. The van der Waals surface area contributed by atoms with Gasteiger partial charge in [-0.15, -0.1) is 10.2 Å². The minimum Gasteiger partial charge on any atom is -0.325 e. The molecule has 7 heteroatoms. The van der Waals surface area contributed by atoms with Crippen LogP contribution in [0.3, 0.4) is 0 Å². The van der Waals surface area contributed by atoms with Gasteiger partial charge in [-0.1, -0.05) is 64.1 Å². The van der Waals surface area contributed by atoms with Crippen LogP contribution >= 0.6 is 27.7 Å². The van der Waals surface area contributed by atoms with Gasteiger partial charge in [0, 0.05) is 22.3 Å². The van der Waals surface area contributed by atoms with Crippen molar-refractivity contribution in [1.29, 1.82) is 0 Å². The van der Waals surface area contributed by atoms with Crippen LogP contribution in [0.4, 0.5) is 5.69 Å². The Morgan fingerprint density at radius 2 is 1.73 bits per heavy atom. The highest BCUT2D eigenvalue weighted by molar-refractivity contribution is 9.10. The maximum atomic E-state index is 12.7. The Bertz CT molecular complexity index is 1290. The summed E-state index contributed by atoms with van der Waals surface area (Å²) in [6.45, 7) is 6.17. The first-order valence-electron chi connectivity index (χ1n) is 10.7. The van der Waals surface area contributed by atoms with Crippen LogP contribution in [0.1, 0.15) is 28.1 Å². The maximum absolute atomic E-state index is 12.7. The van der Waals surface area contributed by atoms with E-state index in [2.05, 4.69) is 80.2 Å². The molecule has 0 radical (unpaired) electrons. The Morgan fingerprint density at radius 1 is 0.939 bits per heavy atom. The molecule has 0 spiro atoms. The van der Waals surface area contributed by atoms with E-state index in [1.165, 1.54) is 22.9 Å². The number of rotatable bonds is 7. The van der Waals surface area contributed by atoms with Gasteiger partial charge in [-0.25, -0.2) is 0 Å². The quantitative estimate of drug-likeness (QED) is 0.291. The van der Waals surface area contributed by atoms with Crippen LogP contribution in [0, 0.1) is 20.8 Å². The number of thioether (sulfide) groups is 1. The first-order valence-corrected chi connectivity index (χ1v) is 12.4. The van der Waals surface area contributed by atoms with Crippen LogP contribution in [0.2, 0.25) is 0 Å². The van der Waals surface area contributed by atoms with Gasteiger partial charge < -0.3 is 5.32 Å². The lowest BCUT2D eigenvalue weighted by atomic mass is 10.1. The molecule has 1 aromatic heterocycles. The van der Waals surface area contributed by atoms with Gasteiger partial charge in [0.15, 0.2) is 5.16 Å². The molecule has 0 bridgehead atoms. The molecule has 0 fully saturated rings. The van der Waals surface area contributed by atoms with E-state index in [4.69, 9.17) is 0 Å². The molecule has 3 aromatic carbocycles. The third kappa shape index (κ3) is 5.72. The van der Waals surface area contributed by atoms with E-state index < -0.39 is 0 Å². The van der Waals surface area contributed by atoms with Gasteiger partial charge in [0.25, 0.3) is 0 Å². The molecular formula is C26H25BrN4OS. The standard InChI is InChI=1S/C26H25BrN4OS/c1-17-9-11-22(14-18(17)2)31-24(15-20-7-5-4-6-8-20)29-30-26(31)33-16-25(32)28-23-12-10-21(27)13-19(23)3/h4-14H,15-16H2,1-3H3,(H,28,32). The van der Waals surface area contributed by atoms with Crippen LogP contribution in [-0.2, 0) is 11.2 Å². The molecule has 33 heavy (non-hydrogen) atoms. The maximum Gasteiger partial charge on any atom is 0.234 e. The number of hydrogen-bond acceptors (Lipinski definition) is 4. The number of nitrogens with one attached hydrogen (secondary N) is 1. The van der Waals surface area contributed by atoms with Crippen molar-refractivity contribution in [3.05, 3.63) is 99.3 Å². The zero-order valence-corrected chi connectivity index (χ0v) is 21.2. The molecule has 0 aliphatic heterocycles. The molecule has 1 amide bonds. The Morgan fingerprint density at radius 3 is 2.45 bits per heavy atom. The fourth-order valence-corrected chi connectivity index (χ4v) is 4.74. The Labute approximate surface area is 206 Å². The Kier molecular flexibility index (Phi) is 7.30. The van der Waals surface area contributed by atoms with Crippen molar-refractivity contribution in [2.24, 2.45) is 0 Å². The van der Waals surface area contributed by atoms with Crippen LogP contribution in [0.25, 0.3) is 5.69 Å². The van der Waals surface area contributed by atoms with Gasteiger partial charge in [0.05, 0.1) is 5.75 Å². The lowest BCUT2D eigenvalue weighted by Crippen LogP contribution is -2.15. The predicted molar refractivity (Wildman–Crippen MR) is 138 cm³/mol. The van der Waals surface area contributed by atoms with Gasteiger partial charge >= 0.3 is 0 Å². The normalized spacial score (nSPS) is 10.9.